The van der Waals surface area contributed by atoms with Crippen molar-refractivity contribution in [3.63, 3.8) is 0 Å². The van der Waals surface area contributed by atoms with Crippen LogP contribution in [0.15, 0.2) is 47.5 Å². The highest BCUT2D eigenvalue weighted by atomic mass is 35.5. The van der Waals surface area contributed by atoms with Crippen LogP contribution in [0.2, 0.25) is 5.02 Å². The largest absolute Gasteiger partial charge is 0.369 e. The standard InChI is InChI=1S/C15H12ClF2N3/c16-9-4-6-10(7-5-9)21-13(8-20-15(21)19)14-11(17)2-1-3-12(14)18/h1-7,13H,8H2,(H2,19,20). The van der Waals surface area contributed by atoms with E-state index in [4.69, 9.17) is 17.3 Å². The lowest BCUT2D eigenvalue weighted by molar-refractivity contribution is 0.533. The van der Waals surface area contributed by atoms with Crippen LogP contribution in [0.25, 0.3) is 0 Å². The van der Waals surface area contributed by atoms with Crippen molar-refractivity contribution in [2.24, 2.45) is 10.7 Å². The van der Waals surface area contributed by atoms with Gasteiger partial charge in [-0.3, -0.25) is 4.99 Å². The predicted molar refractivity (Wildman–Crippen MR) is 79.5 cm³/mol. The zero-order valence-corrected chi connectivity index (χ0v) is 11.7. The Labute approximate surface area is 125 Å². The lowest BCUT2D eigenvalue weighted by Gasteiger charge is -2.27. The maximum Gasteiger partial charge on any atom is 0.196 e. The Hall–Kier alpha value is -2.14. The Morgan fingerprint density at radius 2 is 1.71 bits per heavy atom. The molecule has 21 heavy (non-hydrogen) atoms. The fourth-order valence-corrected chi connectivity index (χ4v) is 2.59. The predicted octanol–water partition coefficient (Wildman–Crippen LogP) is 3.49. The number of aliphatic imine (C=N–C) groups is 1. The van der Waals surface area contributed by atoms with Crippen molar-refractivity contribution in [2.75, 3.05) is 11.4 Å². The molecule has 3 nitrogen and oxygen atoms in total. The molecule has 0 amide bonds. The zero-order valence-electron chi connectivity index (χ0n) is 10.9. The first-order valence-corrected chi connectivity index (χ1v) is 6.74. The highest BCUT2D eigenvalue weighted by molar-refractivity contribution is 6.30. The number of guanidine groups is 1. The summed E-state index contributed by atoms with van der Waals surface area (Å²) in [4.78, 5) is 5.72. The van der Waals surface area contributed by atoms with Crippen LogP contribution in [-0.2, 0) is 0 Å². The van der Waals surface area contributed by atoms with Gasteiger partial charge in [0.05, 0.1) is 12.6 Å². The second-order valence-corrected chi connectivity index (χ2v) is 5.13. The van der Waals surface area contributed by atoms with Crippen molar-refractivity contribution in [1.29, 1.82) is 0 Å². The lowest BCUT2D eigenvalue weighted by Crippen LogP contribution is -2.36. The number of nitrogens with two attached hydrogens (primary N) is 1. The van der Waals surface area contributed by atoms with Crippen LogP contribution in [-0.4, -0.2) is 12.5 Å². The van der Waals surface area contributed by atoms with Crippen LogP contribution in [0.1, 0.15) is 11.6 Å². The molecular formula is C15H12ClF2N3. The van der Waals surface area contributed by atoms with Crippen molar-refractivity contribution >= 4 is 23.2 Å². The van der Waals surface area contributed by atoms with Gasteiger partial charge in [-0.05, 0) is 36.4 Å². The van der Waals surface area contributed by atoms with Crippen LogP contribution < -0.4 is 10.6 Å². The van der Waals surface area contributed by atoms with Crippen LogP contribution in [0.5, 0.6) is 0 Å². The highest BCUT2D eigenvalue weighted by Gasteiger charge is 2.32. The van der Waals surface area contributed by atoms with Gasteiger partial charge in [0.1, 0.15) is 11.6 Å². The van der Waals surface area contributed by atoms with E-state index in [1.54, 1.807) is 29.2 Å². The monoisotopic (exact) mass is 307 g/mol. The molecule has 2 N–H and O–H groups in total. The summed E-state index contributed by atoms with van der Waals surface area (Å²) in [7, 11) is 0. The molecule has 108 valence electrons. The summed E-state index contributed by atoms with van der Waals surface area (Å²) >= 11 is 5.86. The Kier molecular flexibility index (Phi) is 3.51. The van der Waals surface area contributed by atoms with E-state index in [0.717, 1.165) is 0 Å². The molecule has 1 atom stereocenters. The van der Waals surface area contributed by atoms with Crippen LogP contribution in [0, 0.1) is 11.6 Å². The maximum absolute atomic E-state index is 14.0. The van der Waals surface area contributed by atoms with Gasteiger partial charge in [-0.1, -0.05) is 17.7 Å². The maximum atomic E-state index is 14.0. The summed E-state index contributed by atoms with van der Waals surface area (Å²) in [5.74, 6) is -0.988. The summed E-state index contributed by atoms with van der Waals surface area (Å²) < 4.78 is 28.0. The molecule has 0 radical (unpaired) electrons. The highest BCUT2D eigenvalue weighted by Crippen LogP contribution is 2.34. The van der Waals surface area contributed by atoms with E-state index in [1.165, 1.54) is 18.2 Å². The number of hydrogen-bond acceptors (Lipinski definition) is 3. The Balaban J connectivity index is 2.05. The minimum absolute atomic E-state index is 0.0309. The average Bonchev–Trinajstić information content (AvgIpc) is 2.82. The molecule has 0 saturated heterocycles. The first-order valence-electron chi connectivity index (χ1n) is 6.36. The molecule has 0 saturated carbocycles. The first kappa shape index (κ1) is 13.8. The van der Waals surface area contributed by atoms with E-state index in [2.05, 4.69) is 4.99 Å². The van der Waals surface area contributed by atoms with E-state index in [1.807, 2.05) is 0 Å². The molecule has 0 bridgehead atoms. The summed E-state index contributed by atoms with van der Waals surface area (Å²) in [5.41, 5.74) is 6.53. The third kappa shape index (κ3) is 2.45. The zero-order chi connectivity index (χ0) is 15.0. The summed E-state index contributed by atoms with van der Waals surface area (Å²) in [6, 6.07) is 10.0. The summed E-state index contributed by atoms with van der Waals surface area (Å²) in [5, 5.41) is 0.571. The molecule has 0 aromatic heterocycles. The van der Waals surface area contributed by atoms with Gasteiger partial charge in [0.2, 0.25) is 0 Å². The van der Waals surface area contributed by atoms with Gasteiger partial charge in [-0.15, -0.1) is 0 Å². The number of halogens is 3. The quantitative estimate of drug-likeness (QED) is 0.922. The normalized spacial score (nSPS) is 18.0. The molecule has 0 fully saturated rings. The molecule has 1 unspecified atom stereocenters. The van der Waals surface area contributed by atoms with Gasteiger partial charge in [-0.2, -0.15) is 0 Å². The van der Waals surface area contributed by atoms with Crippen molar-refractivity contribution in [3.05, 3.63) is 64.7 Å². The molecule has 1 aliphatic rings. The minimum atomic E-state index is -0.608. The molecule has 2 aromatic rings. The molecule has 3 rings (SSSR count). The fraction of sp³-hybridized carbons (Fsp3) is 0.133. The fourth-order valence-electron chi connectivity index (χ4n) is 2.46. The van der Waals surface area contributed by atoms with E-state index < -0.39 is 17.7 Å². The third-order valence-electron chi connectivity index (χ3n) is 3.42. The second kappa shape index (κ2) is 5.33. The minimum Gasteiger partial charge on any atom is -0.369 e. The molecule has 0 aliphatic carbocycles. The van der Waals surface area contributed by atoms with E-state index >= 15 is 0 Å². The second-order valence-electron chi connectivity index (χ2n) is 4.70. The lowest BCUT2D eigenvalue weighted by atomic mass is 10.0. The van der Waals surface area contributed by atoms with Crippen molar-refractivity contribution in [2.45, 2.75) is 6.04 Å². The van der Waals surface area contributed by atoms with Gasteiger partial charge in [0.25, 0.3) is 0 Å². The Morgan fingerprint density at radius 1 is 1.10 bits per heavy atom. The summed E-state index contributed by atoms with van der Waals surface area (Å²) in [6.45, 7) is 0.201. The number of nitrogens with zero attached hydrogens (tertiary/aromatic N) is 2. The Bertz CT molecular complexity index is 680. The molecule has 6 heteroatoms. The average molecular weight is 308 g/mol. The number of benzene rings is 2. The van der Waals surface area contributed by atoms with Crippen LogP contribution in [0.4, 0.5) is 14.5 Å². The van der Waals surface area contributed by atoms with Gasteiger partial charge in [-0.25, -0.2) is 8.78 Å². The van der Waals surface area contributed by atoms with Crippen molar-refractivity contribution in [1.82, 2.24) is 0 Å². The molecule has 2 aromatic carbocycles. The van der Waals surface area contributed by atoms with Gasteiger partial charge < -0.3 is 10.6 Å². The first-order chi connectivity index (χ1) is 10.1. The molecule has 0 spiro atoms. The molecule has 1 heterocycles. The topological polar surface area (TPSA) is 41.6 Å². The van der Waals surface area contributed by atoms with E-state index in [0.29, 0.717) is 10.7 Å². The number of hydrogen-bond donors (Lipinski definition) is 1. The SMILES string of the molecule is NC1=NCC(c2c(F)cccc2F)N1c1ccc(Cl)cc1. The van der Waals surface area contributed by atoms with Crippen LogP contribution >= 0.6 is 11.6 Å². The van der Waals surface area contributed by atoms with Crippen molar-refractivity contribution < 1.29 is 8.78 Å². The number of anilines is 1. The van der Waals surface area contributed by atoms with Crippen LogP contribution in [0.3, 0.4) is 0 Å². The Morgan fingerprint density at radius 3 is 2.33 bits per heavy atom. The van der Waals surface area contributed by atoms with Gasteiger partial charge in [0.15, 0.2) is 5.96 Å². The van der Waals surface area contributed by atoms with Gasteiger partial charge >= 0.3 is 0 Å². The van der Waals surface area contributed by atoms with E-state index in [9.17, 15) is 8.78 Å². The third-order valence-corrected chi connectivity index (χ3v) is 3.67. The summed E-state index contributed by atoms with van der Waals surface area (Å²) in [6.07, 6.45) is 0. The molecule has 1 aliphatic heterocycles. The van der Waals surface area contributed by atoms with E-state index in [-0.39, 0.29) is 18.1 Å². The molecular weight excluding hydrogens is 296 g/mol. The van der Waals surface area contributed by atoms with Crippen molar-refractivity contribution in [3.8, 4) is 0 Å². The van der Waals surface area contributed by atoms with Gasteiger partial charge in [0, 0.05) is 16.3 Å². The smallest absolute Gasteiger partial charge is 0.196 e. The number of rotatable bonds is 2.